The molecule has 0 radical (unpaired) electrons. The Balaban J connectivity index is 1.65. The number of benzene rings is 1. The van der Waals surface area contributed by atoms with Gasteiger partial charge in [0.25, 0.3) is 0 Å². The van der Waals surface area contributed by atoms with E-state index in [1.807, 2.05) is 42.5 Å². The molecular weight excluding hydrogens is 290 g/mol. The predicted octanol–water partition coefficient (Wildman–Crippen LogP) is 2.14. The molecule has 1 aromatic heterocycles. The monoisotopic (exact) mass is 309 g/mol. The molecule has 1 atom stereocenters. The topological polar surface area (TPSA) is 62.3 Å². The maximum absolute atomic E-state index is 12.6. The molecular formula is C18H19N3O2. The van der Waals surface area contributed by atoms with E-state index in [0.717, 1.165) is 17.7 Å². The summed E-state index contributed by atoms with van der Waals surface area (Å²) in [6, 6.07) is 13.2. The van der Waals surface area contributed by atoms with Gasteiger partial charge in [-0.25, -0.2) is 0 Å². The second kappa shape index (κ2) is 7.05. The van der Waals surface area contributed by atoms with Gasteiger partial charge in [-0.15, -0.1) is 0 Å². The zero-order valence-corrected chi connectivity index (χ0v) is 12.8. The van der Waals surface area contributed by atoms with Gasteiger partial charge in [0.15, 0.2) is 0 Å². The van der Waals surface area contributed by atoms with Gasteiger partial charge in [0, 0.05) is 31.2 Å². The molecule has 2 aromatic rings. The minimum Gasteiger partial charge on any atom is -0.351 e. The van der Waals surface area contributed by atoms with Crippen LogP contribution in [0.5, 0.6) is 0 Å². The number of piperidine rings is 1. The molecule has 1 saturated heterocycles. The Morgan fingerprint density at radius 1 is 1.22 bits per heavy atom. The Hall–Kier alpha value is -2.69. The van der Waals surface area contributed by atoms with E-state index in [0.29, 0.717) is 19.5 Å². The number of anilines is 1. The summed E-state index contributed by atoms with van der Waals surface area (Å²) in [7, 11) is 0. The number of hydrogen-bond acceptors (Lipinski definition) is 3. The van der Waals surface area contributed by atoms with Crippen molar-refractivity contribution in [3.8, 4) is 0 Å². The van der Waals surface area contributed by atoms with Crippen molar-refractivity contribution in [3.63, 3.8) is 0 Å². The molecule has 0 aliphatic carbocycles. The van der Waals surface area contributed by atoms with Crippen LogP contribution in [0.25, 0.3) is 0 Å². The Kier molecular flexibility index (Phi) is 4.66. The van der Waals surface area contributed by atoms with E-state index in [9.17, 15) is 9.59 Å². The number of rotatable bonds is 4. The van der Waals surface area contributed by atoms with E-state index in [4.69, 9.17) is 0 Å². The Bertz CT molecular complexity index is 673. The fraction of sp³-hybridized carbons (Fsp3) is 0.278. The highest BCUT2D eigenvalue weighted by molar-refractivity contribution is 6.08. The van der Waals surface area contributed by atoms with E-state index in [2.05, 4.69) is 10.3 Å². The van der Waals surface area contributed by atoms with E-state index >= 15 is 0 Å². The van der Waals surface area contributed by atoms with Gasteiger partial charge < -0.3 is 10.2 Å². The molecule has 118 valence electrons. The Morgan fingerprint density at radius 2 is 2.04 bits per heavy atom. The van der Waals surface area contributed by atoms with Crippen molar-refractivity contribution in [1.29, 1.82) is 0 Å². The average molecular weight is 309 g/mol. The zero-order chi connectivity index (χ0) is 16.1. The van der Waals surface area contributed by atoms with Crippen molar-refractivity contribution in [2.75, 3.05) is 11.4 Å². The molecule has 1 aromatic carbocycles. The molecule has 5 heteroatoms. The molecule has 0 spiro atoms. The van der Waals surface area contributed by atoms with Crippen LogP contribution in [-0.4, -0.2) is 23.3 Å². The van der Waals surface area contributed by atoms with Crippen molar-refractivity contribution in [3.05, 3.63) is 60.4 Å². The predicted molar refractivity (Wildman–Crippen MR) is 87.6 cm³/mol. The maximum atomic E-state index is 12.6. The second-order valence-corrected chi connectivity index (χ2v) is 5.60. The first-order chi connectivity index (χ1) is 11.3. The molecule has 23 heavy (non-hydrogen) atoms. The zero-order valence-electron chi connectivity index (χ0n) is 12.8. The fourth-order valence-electron chi connectivity index (χ4n) is 2.80. The first-order valence-corrected chi connectivity index (χ1v) is 7.79. The van der Waals surface area contributed by atoms with Gasteiger partial charge in [-0.1, -0.05) is 24.3 Å². The van der Waals surface area contributed by atoms with E-state index in [-0.39, 0.29) is 11.8 Å². The first-order valence-electron chi connectivity index (χ1n) is 7.79. The number of nitrogens with one attached hydrogen (secondary N) is 1. The number of carbonyl (C=O) groups is 2. The molecule has 1 aliphatic rings. The summed E-state index contributed by atoms with van der Waals surface area (Å²) in [6.07, 6.45) is 4.82. The van der Waals surface area contributed by atoms with Crippen LogP contribution in [0.4, 0.5) is 5.69 Å². The van der Waals surface area contributed by atoms with E-state index < -0.39 is 5.92 Å². The number of aromatic nitrogens is 1. The fourth-order valence-corrected chi connectivity index (χ4v) is 2.80. The molecule has 1 N–H and O–H groups in total. The summed E-state index contributed by atoms with van der Waals surface area (Å²) in [5.41, 5.74) is 1.77. The first kappa shape index (κ1) is 15.2. The third-order valence-electron chi connectivity index (χ3n) is 4.01. The lowest BCUT2D eigenvalue weighted by molar-refractivity contribution is -0.135. The normalized spacial score (nSPS) is 17.8. The highest BCUT2D eigenvalue weighted by atomic mass is 16.2. The molecule has 2 heterocycles. The Morgan fingerprint density at radius 3 is 2.78 bits per heavy atom. The highest BCUT2D eigenvalue weighted by Gasteiger charge is 2.34. The summed E-state index contributed by atoms with van der Waals surface area (Å²) in [6.45, 7) is 1.05. The molecule has 0 bridgehead atoms. The van der Waals surface area contributed by atoms with Crippen LogP contribution < -0.4 is 10.2 Å². The summed E-state index contributed by atoms with van der Waals surface area (Å²) in [4.78, 5) is 30.7. The van der Waals surface area contributed by atoms with Gasteiger partial charge in [-0.05, 0) is 36.6 Å². The number of para-hydroxylation sites is 1. The third kappa shape index (κ3) is 3.56. The largest absolute Gasteiger partial charge is 0.351 e. The average Bonchev–Trinajstić information content (AvgIpc) is 2.61. The van der Waals surface area contributed by atoms with Gasteiger partial charge >= 0.3 is 0 Å². The third-order valence-corrected chi connectivity index (χ3v) is 4.01. The Labute approximate surface area is 135 Å². The number of hydrogen-bond donors (Lipinski definition) is 1. The van der Waals surface area contributed by atoms with Crippen LogP contribution in [-0.2, 0) is 16.1 Å². The molecule has 1 aliphatic heterocycles. The van der Waals surface area contributed by atoms with E-state index in [1.54, 1.807) is 17.3 Å². The number of carbonyl (C=O) groups excluding carboxylic acids is 2. The summed E-state index contributed by atoms with van der Waals surface area (Å²) in [5, 5.41) is 2.84. The maximum Gasteiger partial charge on any atom is 0.239 e. The summed E-state index contributed by atoms with van der Waals surface area (Å²) in [5.74, 6) is -0.939. The van der Waals surface area contributed by atoms with Crippen molar-refractivity contribution >= 4 is 17.5 Å². The van der Waals surface area contributed by atoms with Crippen LogP contribution in [0.2, 0.25) is 0 Å². The molecule has 3 rings (SSSR count). The van der Waals surface area contributed by atoms with Gasteiger partial charge in [0.1, 0.15) is 5.92 Å². The van der Waals surface area contributed by atoms with Gasteiger partial charge in [-0.2, -0.15) is 0 Å². The van der Waals surface area contributed by atoms with Crippen LogP contribution in [0, 0.1) is 5.92 Å². The van der Waals surface area contributed by atoms with Crippen molar-refractivity contribution in [1.82, 2.24) is 10.3 Å². The lowest BCUT2D eigenvalue weighted by Gasteiger charge is -2.31. The lowest BCUT2D eigenvalue weighted by atomic mass is 9.95. The standard InChI is InChI=1S/C18H19N3O2/c22-17(20-13-14-6-4-10-19-12-14)16-9-5-11-21(18(16)23)15-7-2-1-3-8-15/h1-4,6-8,10,12,16H,5,9,11,13H2,(H,20,22). The van der Waals surface area contributed by atoms with Crippen LogP contribution in [0.3, 0.4) is 0 Å². The number of nitrogens with zero attached hydrogens (tertiary/aromatic N) is 2. The van der Waals surface area contributed by atoms with Gasteiger partial charge in [0.05, 0.1) is 0 Å². The van der Waals surface area contributed by atoms with Crippen LogP contribution in [0.15, 0.2) is 54.9 Å². The molecule has 2 amide bonds. The van der Waals surface area contributed by atoms with Crippen molar-refractivity contribution < 1.29 is 9.59 Å². The van der Waals surface area contributed by atoms with Crippen molar-refractivity contribution in [2.24, 2.45) is 5.92 Å². The minimum atomic E-state index is -0.611. The number of pyridine rings is 1. The SMILES string of the molecule is O=C(NCc1cccnc1)C1CCCN(c2ccccc2)C1=O. The second-order valence-electron chi connectivity index (χ2n) is 5.60. The summed E-state index contributed by atoms with van der Waals surface area (Å²) < 4.78 is 0. The summed E-state index contributed by atoms with van der Waals surface area (Å²) >= 11 is 0. The lowest BCUT2D eigenvalue weighted by Crippen LogP contribution is -2.47. The highest BCUT2D eigenvalue weighted by Crippen LogP contribution is 2.24. The quantitative estimate of drug-likeness (QED) is 0.880. The molecule has 0 saturated carbocycles. The van der Waals surface area contributed by atoms with Crippen LogP contribution in [0.1, 0.15) is 18.4 Å². The smallest absolute Gasteiger partial charge is 0.239 e. The minimum absolute atomic E-state index is 0.119. The van der Waals surface area contributed by atoms with Crippen molar-refractivity contribution in [2.45, 2.75) is 19.4 Å². The molecule has 1 fully saturated rings. The van der Waals surface area contributed by atoms with E-state index in [1.165, 1.54) is 0 Å². The number of amides is 2. The van der Waals surface area contributed by atoms with Crippen LogP contribution >= 0.6 is 0 Å². The van der Waals surface area contributed by atoms with Gasteiger partial charge in [0.2, 0.25) is 11.8 Å². The van der Waals surface area contributed by atoms with Gasteiger partial charge in [-0.3, -0.25) is 14.6 Å². The molecule has 5 nitrogen and oxygen atoms in total. The molecule has 1 unspecified atom stereocenters.